The van der Waals surface area contributed by atoms with E-state index in [4.69, 9.17) is 12.2 Å². The summed E-state index contributed by atoms with van der Waals surface area (Å²) < 4.78 is 0. The fourth-order valence-corrected chi connectivity index (χ4v) is 2.44. The monoisotopic (exact) mass is 242 g/mol. The van der Waals surface area contributed by atoms with Gasteiger partial charge in [-0.1, -0.05) is 18.4 Å². The van der Waals surface area contributed by atoms with Gasteiger partial charge < -0.3 is 11.1 Å². The summed E-state index contributed by atoms with van der Waals surface area (Å²) in [5, 5.41) is 2.92. The minimum Gasteiger partial charge on any atom is -0.327 e. The summed E-state index contributed by atoms with van der Waals surface area (Å²) >= 11 is 0. The molecule has 2 atom stereocenters. The van der Waals surface area contributed by atoms with Crippen LogP contribution in [0, 0.1) is 17.8 Å². The predicted octanol–water partition coefficient (Wildman–Crippen LogP) is 2.12. The zero-order valence-electron chi connectivity index (χ0n) is 10.6. The van der Waals surface area contributed by atoms with E-state index in [0.29, 0.717) is 0 Å². The Morgan fingerprint density at radius 2 is 2.39 bits per heavy atom. The van der Waals surface area contributed by atoms with Crippen LogP contribution in [0.1, 0.15) is 31.7 Å². The van der Waals surface area contributed by atoms with Gasteiger partial charge in [-0.05, 0) is 38.0 Å². The van der Waals surface area contributed by atoms with Crippen molar-refractivity contribution in [2.75, 3.05) is 5.32 Å². The average Bonchev–Trinajstić information content (AvgIpc) is 2.71. The molecule has 94 valence electrons. The number of nitrogens with two attached hydrogens (primary N) is 1. The third-order valence-corrected chi connectivity index (χ3v) is 3.84. The minimum atomic E-state index is -0.466. The number of anilines is 1. The molecule has 1 aliphatic rings. The SMILES string of the molecule is C#Cc1cccc(NC(=O)C2(C)CCCC2N)c1. The van der Waals surface area contributed by atoms with Gasteiger partial charge in [0.25, 0.3) is 0 Å². The van der Waals surface area contributed by atoms with Crippen molar-refractivity contribution in [3.05, 3.63) is 29.8 Å². The van der Waals surface area contributed by atoms with Gasteiger partial charge in [0.2, 0.25) is 5.91 Å². The highest BCUT2D eigenvalue weighted by Crippen LogP contribution is 2.37. The molecular formula is C15H18N2O. The summed E-state index contributed by atoms with van der Waals surface area (Å²) in [7, 11) is 0. The highest BCUT2D eigenvalue weighted by Gasteiger charge is 2.42. The highest BCUT2D eigenvalue weighted by molar-refractivity contribution is 5.96. The van der Waals surface area contributed by atoms with Crippen LogP contribution in [0.3, 0.4) is 0 Å². The summed E-state index contributed by atoms with van der Waals surface area (Å²) in [4.78, 5) is 12.3. The predicted molar refractivity (Wildman–Crippen MR) is 72.9 cm³/mol. The lowest BCUT2D eigenvalue weighted by molar-refractivity contribution is -0.125. The Balaban J connectivity index is 2.14. The molecule has 0 aromatic heterocycles. The van der Waals surface area contributed by atoms with E-state index in [9.17, 15) is 4.79 Å². The fraction of sp³-hybridized carbons (Fsp3) is 0.400. The van der Waals surface area contributed by atoms with Gasteiger partial charge >= 0.3 is 0 Å². The van der Waals surface area contributed by atoms with Crippen LogP contribution in [-0.4, -0.2) is 11.9 Å². The topological polar surface area (TPSA) is 55.1 Å². The lowest BCUT2D eigenvalue weighted by Gasteiger charge is -2.27. The van der Waals surface area contributed by atoms with E-state index in [1.807, 2.05) is 25.1 Å². The van der Waals surface area contributed by atoms with E-state index in [0.717, 1.165) is 30.5 Å². The largest absolute Gasteiger partial charge is 0.327 e. The maximum Gasteiger partial charge on any atom is 0.231 e. The van der Waals surface area contributed by atoms with Crippen molar-refractivity contribution >= 4 is 11.6 Å². The normalized spacial score (nSPS) is 26.6. The maximum atomic E-state index is 12.3. The Bertz CT molecular complexity index is 503. The molecule has 0 heterocycles. The number of carbonyl (C=O) groups excluding carboxylic acids is 1. The molecule has 1 amide bonds. The number of amides is 1. The van der Waals surface area contributed by atoms with Gasteiger partial charge in [-0.15, -0.1) is 6.42 Å². The summed E-state index contributed by atoms with van der Waals surface area (Å²) in [6, 6.07) is 7.23. The molecule has 2 unspecified atom stereocenters. The molecule has 1 fully saturated rings. The van der Waals surface area contributed by atoms with Gasteiger partial charge in [0.1, 0.15) is 0 Å². The van der Waals surface area contributed by atoms with Crippen LogP contribution in [0.15, 0.2) is 24.3 Å². The van der Waals surface area contributed by atoms with E-state index in [1.54, 1.807) is 6.07 Å². The number of benzene rings is 1. The molecule has 1 saturated carbocycles. The van der Waals surface area contributed by atoms with Crippen LogP contribution in [0.25, 0.3) is 0 Å². The van der Waals surface area contributed by atoms with Crippen LogP contribution in [0.2, 0.25) is 0 Å². The van der Waals surface area contributed by atoms with E-state index >= 15 is 0 Å². The second-order valence-corrected chi connectivity index (χ2v) is 5.10. The summed E-state index contributed by atoms with van der Waals surface area (Å²) in [5.41, 5.74) is 7.05. The van der Waals surface area contributed by atoms with Crippen molar-refractivity contribution in [2.24, 2.45) is 11.1 Å². The highest BCUT2D eigenvalue weighted by atomic mass is 16.2. The first-order valence-electron chi connectivity index (χ1n) is 6.20. The van der Waals surface area contributed by atoms with Crippen molar-refractivity contribution < 1.29 is 4.79 Å². The molecule has 3 N–H and O–H groups in total. The molecule has 0 radical (unpaired) electrons. The molecule has 3 heteroatoms. The molecular weight excluding hydrogens is 224 g/mol. The molecule has 1 aromatic carbocycles. The zero-order chi connectivity index (χ0) is 13.2. The van der Waals surface area contributed by atoms with Crippen molar-refractivity contribution in [1.82, 2.24) is 0 Å². The van der Waals surface area contributed by atoms with Gasteiger partial charge in [-0.2, -0.15) is 0 Å². The molecule has 2 rings (SSSR count). The van der Waals surface area contributed by atoms with Crippen LogP contribution >= 0.6 is 0 Å². The second-order valence-electron chi connectivity index (χ2n) is 5.10. The van der Waals surface area contributed by atoms with Crippen LogP contribution in [0.4, 0.5) is 5.69 Å². The number of hydrogen-bond acceptors (Lipinski definition) is 2. The van der Waals surface area contributed by atoms with Crippen LogP contribution in [0.5, 0.6) is 0 Å². The van der Waals surface area contributed by atoms with Gasteiger partial charge in [-0.3, -0.25) is 4.79 Å². The van der Waals surface area contributed by atoms with Gasteiger partial charge in [0.15, 0.2) is 0 Å². The Labute approximate surface area is 108 Å². The first-order chi connectivity index (χ1) is 8.56. The molecule has 1 aliphatic carbocycles. The Morgan fingerprint density at radius 1 is 1.61 bits per heavy atom. The third-order valence-electron chi connectivity index (χ3n) is 3.84. The number of carbonyl (C=O) groups is 1. The minimum absolute atomic E-state index is 0.0123. The lowest BCUT2D eigenvalue weighted by Crippen LogP contribution is -2.44. The maximum absolute atomic E-state index is 12.3. The van der Waals surface area contributed by atoms with Crippen LogP contribution < -0.4 is 11.1 Å². The molecule has 0 saturated heterocycles. The smallest absolute Gasteiger partial charge is 0.231 e. The second kappa shape index (κ2) is 4.83. The van der Waals surface area contributed by atoms with Crippen LogP contribution in [-0.2, 0) is 4.79 Å². The number of hydrogen-bond donors (Lipinski definition) is 2. The molecule has 0 aliphatic heterocycles. The van der Waals surface area contributed by atoms with E-state index in [2.05, 4.69) is 11.2 Å². The van der Waals surface area contributed by atoms with E-state index in [-0.39, 0.29) is 11.9 Å². The lowest BCUT2D eigenvalue weighted by atomic mass is 9.84. The molecule has 1 aromatic rings. The fourth-order valence-electron chi connectivity index (χ4n) is 2.44. The van der Waals surface area contributed by atoms with Crippen molar-refractivity contribution in [2.45, 2.75) is 32.2 Å². The quantitative estimate of drug-likeness (QED) is 0.780. The van der Waals surface area contributed by atoms with E-state index < -0.39 is 5.41 Å². The van der Waals surface area contributed by atoms with Gasteiger partial charge in [-0.25, -0.2) is 0 Å². The average molecular weight is 242 g/mol. The molecule has 0 bridgehead atoms. The number of nitrogens with one attached hydrogen (secondary N) is 1. The van der Waals surface area contributed by atoms with Crippen molar-refractivity contribution in [3.8, 4) is 12.3 Å². The first kappa shape index (κ1) is 12.7. The molecule has 18 heavy (non-hydrogen) atoms. The summed E-state index contributed by atoms with van der Waals surface area (Å²) in [6.45, 7) is 1.94. The summed E-state index contributed by atoms with van der Waals surface area (Å²) in [5.74, 6) is 2.54. The van der Waals surface area contributed by atoms with Gasteiger partial charge in [0, 0.05) is 17.3 Å². The van der Waals surface area contributed by atoms with Gasteiger partial charge in [0.05, 0.1) is 5.41 Å². The summed E-state index contributed by atoms with van der Waals surface area (Å²) in [6.07, 6.45) is 8.10. The Hall–Kier alpha value is -1.79. The Kier molecular flexibility index (Phi) is 3.40. The Morgan fingerprint density at radius 3 is 3.00 bits per heavy atom. The number of rotatable bonds is 2. The zero-order valence-corrected chi connectivity index (χ0v) is 10.6. The van der Waals surface area contributed by atoms with E-state index in [1.165, 1.54) is 0 Å². The first-order valence-corrected chi connectivity index (χ1v) is 6.20. The molecule has 0 spiro atoms. The third kappa shape index (κ3) is 2.25. The standard InChI is InChI=1S/C15H18N2O/c1-3-11-6-4-7-12(10-11)17-14(18)15(2)9-5-8-13(15)16/h1,4,6-7,10,13H,5,8-9,16H2,2H3,(H,17,18). The number of terminal acetylenes is 1. The van der Waals surface area contributed by atoms with Crippen molar-refractivity contribution in [3.63, 3.8) is 0 Å². The van der Waals surface area contributed by atoms with Crippen molar-refractivity contribution in [1.29, 1.82) is 0 Å². The molecule has 3 nitrogen and oxygen atoms in total.